The molecule has 1 amide bonds. The predicted octanol–water partition coefficient (Wildman–Crippen LogP) is 3.45. The number of nitrogens with zero attached hydrogens (tertiary/aromatic N) is 2. The summed E-state index contributed by atoms with van der Waals surface area (Å²) in [5.74, 6) is 0.155. The lowest BCUT2D eigenvalue weighted by Crippen LogP contribution is -2.58. The van der Waals surface area contributed by atoms with Gasteiger partial charge in [0.15, 0.2) is 5.96 Å². The molecular formula is C20H29FN4O. The van der Waals surface area contributed by atoms with Crippen LogP contribution in [0.3, 0.4) is 0 Å². The van der Waals surface area contributed by atoms with E-state index in [2.05, 4.69) is 17.2 Å². The molecule has 1 aromatic carbocycles. The highest BCUT2D eigenvalue weighted by Gasteiger charge is 2.53. The molecule has 2 aliphatic rings. The van der Waals surface area contributed by atoms with E-state index in [1.807, 2.05) is 0 Å². The quantitative estimate of drug-likeness (QED) is 0.867. The Morgan fingerprint density at radius 3 is 2.62 bits per heavy atom. The largest absolute Gasteiger partial charge is 0.382 e. The number of anilines is 1. The second-order valence-electron chi connectivity index (χ2n) is 8.39. The second kappa shape index (κ2) is 6.25. The van der Waals surface area contributed by atoms with Gasteiger partial charge in [0.05, 0.1) is 5.41 Å². The fourth-order valence-electron chi connectivity index (χ4n) is 4.13. The van der Waals surface area contributed by atoms with Crippen molar-refractivity contribution in [2.24, 2.45) is 22.1 Å². The van der Waals surface area contributed by atoms with E-state index < -0.39 is 11.0 Å². The average molecular weight is 360 g/mol. The van der Waals surface area contributed by atoms with E-state index >= 15 is 0 Å². The van der Waals surface area contributed by atoms with Crippen molar-refractivity contribution in [1.29, 1.82) is 0 Å². The highest BCUT2D eigenvalue weighted by atomic mass is 19.1. The molecule has 1 aliphatic carbocycles. The molecule has 1 aliphatic heterocycles. The van der Waals surface area contributed by atoms with Crippen LogP contribution in [0.2, 0.25) is 0 Å². The fraction of sp³-hybridized carbons (Fsp3) is 0.600. The minimum absolute atomic E-state index is 0.110. The molecule has 0 spiro atoms. The first-order valence-corrected chi connectivity index (χ1v) is 9.28. The topological polar surface area (TPSA) is 70.7 Å². The molecule has 26 heavy (non-hydrogen) atoms. The van der Waals surface area contributed by atoms with Crippen molar-refractivity contribution in [2.45, 2.75) is 58.5 Å². The van der Waals surface area contributed by atoms with Gasteiger partial charge in [-0.05, 0) is 57.7 Å². The normalized spacial score (nSPS) is 31.1. The molecule has 1 heterocycles. The maximum Gasteiger partial charge on any atom is 0.237 e. The number of carbonyl (C=O) groups is 1. The van der Waals surface area contributed by atoms with Gasteiger partial charge in [0, 0.05) is 24.3 Å². The van der Waals surface area contributed by atoms with Gasteiger partial charge < -0.3 is 11.1 Å². The van der Waals surface area contributed by atoms with Crippen LogP contribution >= 0.6 is 0 Å². The van der Waals surface area contributed by atoms with Crippen molar-refractivity contribution in [3.8, 4) is 0 Å². The monoisotopic (exact) mass is 360 g/mol. The number of hydrogen-bond donors (Lipinski definition) is 2. The summed E-state index contributed by atoms with van der Waals surface area (Å²) in [5.41, 5.74) is 5.20. The molecule has 2 unspecified atom stereocenters. The Kier molecular flexibility index (Phi) is 4.49. The van der Waals surface area contributed by atoms with Gasteiger partial charge in [0.2, 0.25) is 5.91 Å². The number of benzene rings is 1. The van der Waals surface area contributed by atoms with Crippen LogP contribution in [0.4, 0.5) is 10.1 Å². The maximum absolute atomic E-state index is 14.8. The highest BCUT2D eigenvalue weighted by Crippen LogP contribution is 2.47. The van der Waals surface area contributed by atoms with E-state index in [1.54, 1.807) is 40.0 Å². The lowest BCUT2D eigenvalue weighted by molar-refractivity contribution is -0.140. The SMILES string of the molecule is CC1CCCC1Nc1ccc(F)c([C@@]2(C)N=C(N)N(C)C(=O)C2(C)C)c1. The van der Waals surface area contributed by atoms with Crippen LogP contribution in [-0.4, -0.2) is 29.9 Å². The molecule has 1 fully saturated rings. The van der Waals surface area contributed by atoms with Gasteiger partial charge >= 0.3 is 0 Å². The summed E-state index contributed by atoms with van der Waals surface area (Å²) in [6, 6.07) is 5.39. The van der Waals surface area contributed by atoms with Crippen molar-refractivity contribution >= 4 is 17.6 Å². The van der Waals surface area contributed by atoms with Crippen molar-refractivity contribution < 1.29 is 9.18 Å². The van der Waals surface area contributed by atoms with E-state index in [4.69, 9.17) is 5.73 Å². The molecule has 0 bridgehead atoms. The Morgan fingerprint density at radius 1 is 1.31 bits per heavy atom. The van der Waals surface area contributed by atoms with Crippen molar-refractivity contribution in [3.05, 3.63) is 29.6 Å². The van der Waals surface area contributed by atoms with Gasteiger partial charge in [-0.15, -0.1) is 0 Å². The number of halogens is 1. The second-order valence-corrected chi connectivity index (χ2v) is 8.39. The summed E-state index contributed by atoms with van der Waals surface area (Å²) in [6.07, 6.45) is 3.53. The predicted molar refractivity (Wildman–Crippen MR) is 102 cm³/mol. The standard InChI is InChI=1S/C20H29FN4O/c1-12-7-6-8-16(12)23-13-9-10-15(21)14(11-13)20(4)19(2,3)17(26)25(5)18(22)24-20/h9-12,16,23H,6-8H2,1-5H3,(H2,22,24)/t12?,16?,20-/m1/s1. The highest BCUT2D eigenvalue weighted by molar-refractivity contribution is 6.01. The third-order valence-electron chi connectivity index (χ3n) is 6.44. The Morgan fingerprint density at radius 2 is 2.00 bits per heavy atom. The molecule has 1 saturated carbocycles. The molecule has 0 radical (unpaired) electrons. The van der Waals surface area contributed by atoms with Gasteiger partial charge in [-0.25, -0.2) is 9.38 Å². The van der Waals surface area contributed by atoms with Crippen LogP contribution in [0, 0.1) is 17.2 Å². The number of rotatable bonds is 3. The number of nitrogens with two attached hydrogens (primary N) is 1. The zero-order valence-electron chi connectivity index (χ0n) is 16.3. The number of carbonyl (C=O) groups excluding carboxylic acids is 1. The number of nitrogens with one attached hydrogen (secondary N) is 1. The van der Waals surface area contributed by atoms with Gasteiger partial charge in [-0.1, -0.05) is 13.3 Å². The minimum atomic E-state index is -1.08. The van der Waals surface area contributed by atoms with Crippen LogP contribution in [0.15, 0.2) is 23.2 Å². The van der Waals surface area contributed by atoms with E-state index in [1.165, 1.54) is 23.8 Å². The smallest absolute Gasteiger partial charge is 0.237 e. The zero-order chi connectivity index (χ0) is 19.3. The fourth-order valence-corrected chi connectivity index (χ4v) is 4.13. The van der Waals surface area contributed by atoms with E-state index in [-0.39, 0.29) is 17.7 Å². The zero-order valence-corrected chi connectivity index (χ0v) is 16.3. The summed E-state index contributed by atoms with van der Waals surface area (Å²) in [7, 11) is 1.60. The van der Waals surface area contributed by atoms with E-state index in [9.17, 15) is 9.18 Å². The Hall–Kier alpha value is -2.11. The Bertz CT molecular complexity index is 760. The third kappa shape index (κ3) is 2.75. The number of aliphatic imine (C=N–C) groups is 1. The molecule has 3 atom stereocenters. The van der Waals surface area contributed by atoms with Crippen LogP contribution < -0.4 is 11.1 Å². The van der Waals surface area contributed by atoms with Crippen LogP contribution in [-0.2, 0) is 10.3 Å². The summed E-state index contributed by atoms with van der Waals surface area (Å²) in [6.45, 7) is 7.60. The molecule has 3 N–H and O–H groups in total. The van der Waals surface area contributed by atoms with Crippen molar-refractivity contribution in [2.75, 3.05) is 12.4 Å². The van der Waals surface area contributed by atoms with E-state index in [0.717, 1.165) is 12.1 Å². The van der Waals surface area contributed by atoms with Crippen molar-refractivity contribution in [1.82, 2.24) is 4.90 Å². The van der Waals surface area contributed by atoms with Crippen LogP contribution in [0.5, 0.6) is 0 Å². The first-order valence-electron chi connectivity index (χ1n) is 9.28. The Labute approximate surface area is 154 Å². The number of hydrogen-bond acceptors (Lipinski definition) is 4. The van der Waals surface area contributed by atoms with E-state index in [0.29, 0.717) is 17.5 Å². The Balaban J connectivity index is 2.04. The van der Waals surface area contributed by atoms with Gasteiger partial charge in [-0.3, -0.25) is 9.69 Å². The molecule has 0 aromatic heterocycles. The molecule has 1 aromatic rings. The lowest BCUT2D eigenvalue weighted by atomic mass is 9.67. The first kappa shape index (κ1) is 18.7. The van der Waals surface area contributed by atoms with Crippen molar-refractivity contribution in [3.63, 3.8) is 0 Å². The van der Waals surface area contributed by atoms with Gasteiger partial charge in [-0.2, -0.15) is 0 Å². The van der Waals surface area contributed by atoms with Crippen LogP contribution in [0.25, 0.3) is 0 Å². The molecular weight excluding hydrogens is 331 g/mol. The minimum Gasteiger partial charge on any atom is -0.382 e. The number of amides is 1. The van der Waals surface area contributed by atoms with Gasteiger partial charge in [0.1, 0.15) is 11.4 Å². The molecule has 142 valence electrons. The molecule has 5 nitrogen and oxygen atoms in total. The summed E-state index contributed by atoms with van der Waals surface area (Å²) < 4.78 is 14.8. The van der Waals surface area contributed by atoms with Crippen LogP contribution in [0.1, 0.15) is 52.5 Å². The molecule has 3 rings (SSSR count). The summed E-state index contributed by atoms with van der Waals surface area (Å²) in [5, 5.41) is 3.53. The molecule has 6 heteroatoms. The summed E-state index contributed by atoms with van der Waals surface area (Å²) >= 11 is 0. The lowest BCUT2D eigenvalue weighted by Gasteiger charge is -2.46. The maximum atomic E-state index is 14.8. The third-order valence-corrected chi connectivity index (χ3v) is 6.44. The van der Waals surface area contributed by atoms with Gasteiger partial charge in [0.25, 0.3) is 0 Å². The first-order chi connectivity index (χ1) is 12.1. The molecule has 0 saturated heterocycles. The summed E-state index contributed by atoms with van der Waals surface area (Å²) in [4.78, 5) is 18.7. The average Bonchev–Trinajstić information content (AvgIpc) is 2.98. The number of guanidine groups is 1.